The van der Waals surface area contributed by atoms with Crippen LogP contribution < -0.4 is 19.1 Å². The minimum Gasteiger partial charge on any atom is -0.494 e. The van der Waals surface area contributed by atoms with E-state index < -0.39 is 32.5 Å². The first-order valence-corrected chi connectivity index (χ1v) is 15.8. The minimum atomic E-state index is -4.09. The lowest BCUT2D eigenvalue weighted by Crippen LogP contribution is -2.38. The molecule has 0 aliphatic rings. The van der Waals surface area contributed by atoms with Gasteiger partial charge in [0.05, 0.1) is 27.8 Å². The molecule has 0 aliphatic carbocycles. The predicted octanol–water partition coefficient (Wildman–Crippen LogP) is 5.68. The van der Waals surface area contributed by atoms with Crippen LogP contribution in [0.1, 0.15) is 12.5 Å². The van der Waals surface area contributed by atoms with Crippen molar-refractivity contribution in [3.63, 3.8) is 0 Å². The summed E-state index contributed by atoms with van der Waals surface area (Å²) in [6.07, 6.45) is 0. The summed E-state index contributed by atoms with van der Waals surface area (Å²) in [4.78, 5) is 13.0. The van der Waals surface area contributed by atoms with Crippen molar-refractivity contribution in [2.75, 3.05) is 27.5 Å². The molecule has 0 fully saturated rings. The Morgan fingerprint density at radius 3 is 2.12 bits per heavy atom. The van der Waals surface area contributed by atoms with Crippen molar-refractivity contribution < 1.29 is 26.4 Å². The minimum absolute atomic E-state index is 0.0266. The second-order valence-electron chi connectivity index (χ2n) is 8.84. The molecule has 0 unspecified atom stereocenters. The van der Waals surface area contributed by atoms with Gasteiger partial charge in [-0.25, -0.2) is 16.8 Å². The first-order chi connectivity index (χ1) is 19.5. The van der Waals surface area contributed by atoms with Crippen LogP contribution >= 0.6 is 11.6 Å². The van der Waals surface area contributed by atoms with E-state index in [9.17, 15) is 21.6 Å². The summed E-state index contributed by atoms with van der Waals surface area (Å²) in [7, 11) is -8.02. The van der Waals surface area contributed by atoms with Gasteiger partial charge in [0.1, 0.15) is 12.3 Å². The molecule has 0 aliphatic heterocycles. The summed E-state index contributed by atoms with van der Waals surface area (Å²) in [5, 5.41) is 3.07. The summed E-state index contributed by atoms with van der Waals surface area (Å²) < 4.78 is 61.8. The molecule has 4 aromatic rings. The van der Waals surface area contributed by atoms with E-state index in [0.29, 0.717) is 28.6 Å². The second-order valence-corrected chi connectivity index (χ2v) is 12.8. The Morgan fingerprint density at radius 1 is 0.829 bits per heavy atom. The van der Waals surface area contributed by atoms with Gasteiger partial charge in [-0.05, 0) is 92.2 Å². The van der Waals surface area contributed by atoms with Crippen molar-refractivity contribution in [3.8, 4) is 5.75 Å². The topological polar surface area (TPSA) is 122 Å². The van der Waals surface area contributed by atoms with Gasteiger partial charge in [0.2, 0.25) is 5.91 Å². The van der Waals surface area contributed by atoms with Gasteiger partial charge in [-0.2, -0.15) is 0 Å². The smallest absolute Gasteiger partial charge is 0.264 e. The normalized spacial score (nSPS) is 11.5. The zero-order chi connectivity index (χ0) is 29.6. The number of benzene rings is 4. The second kappa shape index (κ2) is 12.6. The molecule has 4 aromatic carbocycles. The molecule has 0 atom stereocenters. The van der Waals surface area contributed by atoms with Crippen LogP contribution in [0, 0.1) is 6.92 Å². The van der Waals surface area contributed by atoms with Crippen LogP contribution in [0.25, 0.3) is 0 Å². The summed E-state index contributed by atoms with van der Waals surface area (Å²) in [5.41, 5.74) is 1.50. The first-order valence-electron chi connectivity index (χ1n) is 12.5. The Bertz CT molecular complexity index is 1730. The molecule has 0 heterocycles. The maximum Gasteiger partial charge on any atom is 0.264 e. The van der Waals surface area contributed by atoms with Crippen LogP contribution in [-0.4, -0.2) is 35.9 Å². The summed E-state index contributed by atoms with van der Waals surface area (Å²) >= 11 is 6.09. The van der Waals surface area contributed by atoms with Crippen LogP contribution in [-0.2, 0) is 24.8 Å². The highest BCUT2D eigenvalue weighted by molar-refractivity contribution is 7.93. The molecular formula is C29H28ClN3O6S2. The van der Waals surface area contributed by atoms with Crippen LogP contribution in [0.5, 0.6) is 5.75 Å². The Labute approximate surface area is 244 Å². The third-order valence-corrected chi connectivity index (χ3v) is 9.59. The van der Waals surface area contributed by atoms with Gasteiger partial charge in [-0.15, -0.1) is 0 Å². The fourth-order valence-electron chi connectivity index (χ4n) is 3.88. The lowest BCUT2D eigenvalue weighted by atomic mass is 10.2. The van der Waals surface area contributed by atoms with E-state index in [1.807, 2.05) is 6.92 Å². The van der Waals surface area contributed by atoms with E-state index in [1.165, 1.54) is 36.4 Å². The average Bonchev–Trinajstić information content (AvgIpc) is 2.95. The molecule has 0 spiro atoms. The maximum absolute atomic E-state index is 13.5. The number of halogens is 1. The highest BCUT2D eigenvalue weighted by Gasteiger charge is 2.27. The van der Waals surface area contributed by atoms with Crippen LogP contribution in [0.2, 0.25) is 5.02 Å². The lowest BCUT2D eigenvalue weighted by Gasteiger charge is -2.24. The number of nitrogens with zero attached hydrogens (tertiary/aromatic N) is 1. The Kier molecular flexibility index (Phi) is 9.21. The van der Waals surface area contributed by atoms with Gasteiger partial charge in [0.25, 0.3) is 20.0 Å². The quantitative estimate of drug-likeness (QED) is 0.224. The van der Waals surface area contributed by atoms with Gasteiger partial charge in [-0.1, -0.05) is 35.9 Å². The Balaban J connectivity index is 1.53. The third kappa shape index (κ3) is 7.18. The highest BCUT2D eigenvalue weighted by atomic mass is 35.5. The SMILES string of the molecule is CCOc1ccc(N(CC(=O)Nc2ccc(S(=O)(=O)Nc3cccc(Cl)c3C)cc2)S(=O)(=O)c2ccccc2)cc1. The number of rotatable bonds is 11. The number of hydrogen-bond acceptors (Lipinski definition) is 6. The maximum atomic E-state index is 13.5. The number of anilines is 3. The van der Waals surface area contributed by atoms with Crippen molar-refractivity contribution in [1.29, 1.82) is 0 Å². The van der Waals surface area contributed by atoms with Gasteiger partial charge in [-0.3, -0.25) is 13.8 Å². The van der Waals surface area contributed by atoms with Gasteiger partial charge < -0.3 is 10.1 Å². The molecule has 0 saturated heterocycles. The third-order valence-electron chi connectivity index (χ3n) is 6.01. The monoisotopic (exact) mass is 613 g/mol. The standard InChI is InChI=1S/C29H28ClN3O6S2/c1-3-39-24-16-14-23(15-17-24)33(41(37,38)26-8-5-4-6-9-26)20-29(34)31-22-12-18-25(19-13-22)40(35,36)32-28-11-7-10-27(30)21(28)2/h4-19,32H,3,20H2,1-2H3,(H,31,34). The van der Waals surface area contributed by atoms with Crippen molar-refractivity contribution in [2.45, 2.75) is 23.6 Å². The molecule has 1 amide bonds. The molecule has 0 bridgehead atoms. The van der Waals surface area contributed by atoms with Crippen LogP contribution in [0.3, 0.4) is 0 Å². The number of nitrogens with one attached hydrogen (secondary N) is 2. The molecule has 0 radical (unpaired) electrons. The molecule has 9 nitrogen and oxygen atoms in total. The fourth-order valence-corrected chi connectivity index (χ4v) is 6.62. The number of carbonyl (C=O) groups excluding carboxylic acids is 1. The van der Waals surface area contributed by atoms with E-state index in [0.717, 1.165) is 4.31 Å². The summed E-state index contributed by atoms with van der Waals surface area (Å²) in [5.74, 6) is -0.0607. The van der Waals surface area contributed by atoms with E-state index in [1.54, 1.807) is 67.6 Å². The molecule has 4 rings (SSSR count). The van der Waals surface area contributed by atoms with E-state index in [2.05, 4.69) is 10.0 Å². The lowest BCUT2D eigenvalue weighted by molar-refractivity contribution is -0.114. The van der Waals surface area contributed by atoms with Crippen molar-refractivity contribution in [3.05, 3.63) is 108 Å². The largest absolute Gasteiger partial charge is 0.494 e. The summed E-state index contributed by atoms with van der Waals surface area (Å²) in [6, 6.07) is 24.6. The van der Waals surface area contributed by atoms with Crippen molar-refractivity contribution in [1.82, 2.24) is 0 Å². The van der Waals surface area contributed by atoms with Crippen molar-refractivity contribution >= 4 is 54.6 Å². The van der Waals surface area contributed by atoms with Gasteiger partial charge >= 0.3 is 0 Å². The van der Waals surface area contributed by atoms with E-state index in [-0.39, 0.29) is 21.2 Å². The molecule has 0 aromatic heterocycles. The number of ether oxygens (including phenoxy) is 1. The number of amides is 1. The first kappa shape index (κ1) is 29.9. The van der Waals surface area contributed by atoms with Gasteiger partial charge in [0, 0.05) is 10.7 Å². The molecular weight excluding hydrogens is 586 g/mol. The van der Waals surface area contributed by atoms with E-state index >= 15 is 0 Å². The highest BCUT2D eigenvalue weighted by Crippen LogP contribution is 2.27. The Hall–Kier alpha value is -4.06. The number of hydrogen-bond donors (Lipinski definition) is 2. The predicted molar refractivity (Wildman–Crippen MR) is 161 cm³/mol. The molecule has 2 N–H and O–H groups in total. The molecule has 214 valence electrons. The molecule has 41 heavy (non-hydrogen) atoms. The van der Waals surface area contributed by atoms with E-state index in [4.69, 9.17) is 16.3 Å². The zero-order valence-corrected chi connectivity index (χ0v) is 24.6. The molecule has 0 saturated carbocycles. The number of sulfonamides is 2. The fraction of sp³-hybridized carbons (Fsp3) is 0.138. The molecule has 12 heteroatoms. The average molecular weight is 614 g/mol. The van der Waals surface area contributed by atoms with Gasteiger partial charge in [0.15, 0.2) is 0 Å². The van der Waals surface area contributed by atoms with Crippen molar-refractivity contribution in [2.24, 2.45) is 0 Å². The van der Waals surface area contributed by atoms with Crippen LogP contribution in [0.4, 0.5) is 17.1 Å². The zero-order valence-electron chi connectivity index (χ0n) is 22.2. The summed E-state index contributed by atoms with van der Waals surface area (Å²) in [6.45, 7) is 3.46. The Morgan fingerprint density at radius 2 is 1.49 bits per heavy atom. The number of carbonyl (C=O) groups is 1. The van der Waals surface area contributed by atoms with Crippen LogP contribution in [0.15, 0.2) is 107 Å².